The van der Waals surface area contributed by atoms with Gasteiger partial charge < -0.3 is 5.11 Å². The van der Waals surface area contributed by atoms with Gasteiger partial charge in [-0.3, -0.25) is 29.6 Å². The van der Waals surface area contributed by atoms with Gasteiger partial charge in [0.25, 0.3) is 11.2 Å². The van der Waals surface area contributed by atoms with Crippen LogP contribution in [-0.4, -0.2) is 19.5 Å². The van der Waals surface area contributed by atoms with E-state index in [4.69, 9.17) is 0 Å². The van der Waals surface area contributed by atoms with Crippen molar-refractivity contribution < 1.29 is 15.0 Å². The fourth-order valence-corrected chi connectivity index (χ4v) is 3.11. The lowest BCUT2D eigenvalue weighted by molar-refractivity contribution is -0.393. The van der Waals surface area contributed by atoms with E-state index >= 15 is 0 Å². The number of aromatic nitrogens is 1. The highest BCUT2D eigenvalue weighted by molar-refractivity contribution is 5.62. The first-order valence-corrected chi connectivity index (χ1v) is 9.49. The lowest BCUT2D eigenvalue weighted by Crippen LogP contribution is -2.22. The zero-order valence-corrected chi connectivity index (χ0v) is 17.2. The van der Waals surface area contributed by atoms with Crippen molar-refractivity contribution in [2.24, 2.45) is 10.2 Å². The Morgan fingerprint density at radius 1 is 1.09 bits per heavy atom. The number of nitro groups is 2. The average Bonchev–Trinajstić information content (AvgIpc) is 2.79. The molecular formula is C21H16N6O6. The third-order valence-corrected chi connectivity index (χ3v) is 4.86. The molecule has 0 atom stereocenters. The molecule has 3 rings (SSSR count). The van der Waals surface area contributed by atoms with E-state index < -0.39 is 32.7 Å². The summed E-state index contributed by atoms with van der Waals surface area (Å²) < 4.78 is 0.983. The van der Waals surface area contributed by atoms with E-state index in [0.29, 0.717) is 6.42 Å². The lowest BCUT2D eigenvalue weighted by Gasteiger charge is -2.13. The van der Waals surface area contributed by atoms with Crippen molar-refractivity contribution in [1.29, 1.82) is 5.26 Å². The fraction of sp³-hybridized carbons (Fsp3) is 0.143. The second-order valence-electron chi connectivity index (χ2n) is 6.86. The zero-order valence-electron chi connectivity index (χ0n) is 17.2. The number of hydrogen-bond donors (Lipinski definition) is 1. The highest BCUT2D eigenvalue weighted by Gasteiger charge is 2.22. The number of nitrogens with zero attached hydrogens (tertiary/aromatic N) is 6. The van der Waals surface area contributed by atoms with Crippen LogP contribution in [0, 0.1) is 38.5 Å². The minimum Gasteiger partial charge on any atom is -0.493 e. The first-order valence-electron chi connectivity index (χ1n) is 9.49. The van der Waals surface area contributed by atoms with Gasteiger partial charge in [-0.2, -0.15) is 5.26 Å². The molecular weight excluding hydrogens is 432 g/mol. The summed E-state index contributed by atoms with van der Waals surface area (Å²) in [5, 5.41) is 49.7. The van der Waals surface area contributed by atoms with Crippen LogP contribution < -0.4 is 5.56 Å². The minimum atomic E-state index is -0.857. The van der Waals surface area contributed by atoms with Gasteiger partial charge in [0, 0.05) is 18.2 Å². The normalized spacial score (nSPS) is 10.8. The summed E-state index contributed by atoms with van der Waals surface area (Å²) in [5.41, 5.74) is -1.76. The molecule has 0 unspecified atom stereocenters. The van der Waals surface area contributed by atoms with Gasteiger partial charge in [0.2, 0.25) is 5.88 Å². The minimum absolute atomic E-state index is 0.0455. The number of aromatic hydroxyl groups is 1. The summed E-state index contributed by atoms with van der Waals surface area (Å²) >= 11 is 0. The maximum absolute atomic E-state index is 13.0. The number of hydrogen-bond acceptors (Lipinski definition) is 9. The van der Waals surface area contributed by atoms with Gasteiger partial charge in [-0.1, -0.05) is 30.3 Å². The molecule has 12 heteroatoms. The van der Waals surface area contributed by atoms with Gasteiger partial charge in [0.05, 0.1) is 15.9 Å². The average molecular weight is 448 g/mol. The molecule has 33 heavy (non-hydrogen) atoms. The zero-order chi connectivity index (χ0) is 24.1. The number of rotatable bonds is 7. The van der Waals surface area contributed by atoms with Crippen LogP contribution in [0.25, 0.3) is 0 Å². The predicted octanol–water partition coefficient (Wildman–Crippen LogP) is 4.21. The topological polar surface area (TPSA) is 177 Å². The molecule has 0 fully saturated rings. The molecule has 0 aliphatic heterocycles. The Bertz CT molecular complexity index is 1370. The van der Waals surface area contributed by atoms with E-state index in [0.717, 1.165) is 28.3 Å². The summed E-state index contributed by atoms with van der Waals surface area (Å²) in [5.74, 6) is -0.517. The highest BCUT2D eigenvalue weighted by atomic mass is 16.6. The van der Waals surface area contributed by atoms with Crippen molar-refractivity contribution in [2.75, 3.05) is 0 Å². The fourth-order valence-electron chi connectivity index (χ4n) is 3.11. The van der Waals surface area contributed by atoms with E-state index in [1.165, 1.54) is 6.92 Å². The van der Waals surface area contributed by atoms with Gasteiger partial charge in [-0.15, -0.1) is 10.2 Å². The first-order chi connectivity index (χ1) is 15.7. The Morgan fingerprint density at radius 3 is 2.39 bits per heavy atom. The van der Waals surface area contributed by atoms with E-state index in [1.54, 1.807) is 0 Å². The number of nitriles is 1. The van der Waals surface area contributed by atoms with Crippen molar-refractivity contribution in [3.63, 3.8) is 0 Å². The molecule has 0 bridgehead atoms. The maximum Gasteiger partial charge on any atom is 0.303 e. The Hall–Kier alpha value is -4.92. The van der Waals surface area contributed by atoms with Crippen molar-refractivity contribution in [2.45, 2.75) is 19.9 Å². The number of nitro benzene ring substituents is 2. The van der Waals surface area contributed by atoms with Crippen LogP contribution in [-0.2, 0) is 13.0 Å². The lowest BCUT2D eigenvalue weighted by atomic mass is 10.1. The molecule has 0 amide bonds. The molecule has 1 aromatic heterocycles. The predicted molar refractivity (Wildman–Crippen MR) is 116 cm³/mol. The summed E-state index contributed by atoms with van der Waals surface area (Å²) in [4.78, 5) is 33.5. The number of aryl methyl sites for hydroxylation is 1. The Kier molecular flexibility index (Phi) is 6.54. The number of benzene rings is 2. The van der Waals surface area contributed by atoms with Gasteiger partial charge >= 0.3 is 5.69 Å². The van der Waals surface area contributed by atoms with Gasteiger partial charge in [0.15, 0.2) is 11.4 Å². The molecule has 1 N–H and O–H groups in total. The molecule has 3 aromatic rings. The largest absolute Gasteiger partial charge is 0.493 e. The van der Waals surface area contributed by atoms with Crippen LogP contribution in [0.3, 0.4) is 0 Å². The van der Waals surface area contributed by atoms with Crippen LogP contribution in [0.5, 0.6) is 5.88 Å². The number of azo groups is 1. The molecule has 0 saturated carbocycles. The van der Waals surface area contributed by atoms with Crippen molar-refractivity contribution in [3.8, 4) is 11.9 Å². The van der Waals surface area contributed by atoms with Crippen LogP contribution in [0.15, 0.2) is 63.6 Å². The molecule has 1 heterocycles. The maximum atomic E-state index is 13.0. The molecule has 0 aliphatic rings. The van der Waals surface area contributed by atoms with Crippen LogP contribution in [0.4, 0.5) is 22.7 Å². The molecule has 2 aromatic carbocycles. The van der Waals surface area contributed by atoms with Crippen LogP contribution >= 0.6 is 0 Å². The highest BCUT2D eigenvalue weighted by Crippen LogP contribution is 2.33. The quantitative estimate of drug-likeness (QED) is 0.319. The van der Waals surface area contributed by atoms with Crippen molar-refractivity contribution in [3.05, 3.63) is 95.8 Å². The molecule has 0 radical (unpaired) electrons. The van der Waals surface area contributed by atoms with Gasteiger partial charge in [-0.05, 0) is 25.0 Å². The standard InChI is InChI=1S/C21H16N6O6/c1-13-16(12-22)20(28)25(10-9-14-5-3-2-4-6-14)21(29)19(13)24-23-17-8-7-15(26(30)31)11-18(17)27(32)33/h2-8,11,28H,9-10H2,1H3. The number of pyridine rings is 1. The van der Waals surface area contributed by atoms with Gasteiger partial charge in [0.1, 0.15) is 11.6 Å². The number of non-ortho nitro benzene ring substituents is 1. The third kappa shape index (κ3) is 4.72. The van der Waals surface area contributed by atoms with Crippen molar-refractivity contribution in [1.82, 2.24) is 4.57 Å². The first kappa shape index (κ1) is 22.8. The smallest absolute Gasteiger partial charge is 0.303 e. The summed E-state index contributed by atoms with van der Waals surface area (Å²) in [6, 6.07) is 13.8. The molecule has 0 saturated heterocycles. The monoisotopic (exact) mass is 448 g/mol. The molecule has 0 aliphatic carbocycles. The summed E-state index contributed by atoms with van der Waals surface area (Å²) in [6.07, 6.45) is 0.382. The third-order valence-electron chi connectivity index (χ3n) is 4.86. The summed E-state index contributed by atoms with van der Waals surface area (Å²) in [7, 11) is 0. The summed E-state index contributed by atoms with van der Waals surface area (Å²) in [6.45, 7) is 1.43. The molecule has 0 spiro atoms. The Morgan fingerprint density at radius 2 is 1.79 bits per heavy atom. The van der Waals surface area contributed by atoms with E-state index in [9.17, 15) is 35.4 Å². The van der Waals surface area contributed by atoms with Gasteiger partial charge in [-0.25, -0.2) is 0 Å². The SMILES string of the molecule is Cc1c(C#N)c(O)n(CCc2ccccc2)c(=O)c1N=Nc1ccc([N+](=O)[O-])cc1[N+](=O)[O-]. The molecule has 12 nitrogen and oxygen atoms in total. The van der Waals surface area contributed by atoms with Crippen LogP contribution in [0.2, 0.25) is 0 Å². The van der Waals surface area contributed by atoms with E-state index in [1.807, 2.05) is 36.4 Å². The second kappa shape index (κ2) is 9.48. The van der Waals surface area contributed by atoms with Crippen molar-refractivity contribution >= 4 is 22.7 Å². The second-order valence-corrected chi connectivity index (χ2v) is 6.86. The van der Waals surface area contributed by atoms with E-state index in [-0.39, 0.29) is 29.0 Å². The Labute approximate surface area is 186 Å². The van der Waals surface area contributed by atoms with Crippen LogP contribution in [0.1, 0.15) is 16.7 Å². The Balaban J connectivity index is 2.07. The molecule has 166 valence electrons. The van der Waals surface area contributed by atoms with E-state index in [2.05, 4.69) is 10.2 Å².